The van der Waals surface area contributed by atoms with Crippen LogP contribution in [0.5, 0.6) is 0 Å². The van der Waals surface area contributed by atoms with Crippen molar-refractivity contribution in [2.75, 3.05) is 5.75 Å². The number of aliphatic hydroxyl groups is 1. The second kappa shape index (κ2) is 5.38. The van der Waals surface area contributed by atoms with Gasteiger partial charge in [-0.25, -0.2) is 0 Å². The monoisotopic (exact) mass is 250 g/mol. The molecule has 0 spiro atoms. The molecule has 0 unspecified atom stereocenters. The molecule has 0 aliphatic carbocycles. The largest absolute Gasteiger partial charge is 0.481 e. The fourth-order valence-corrected chi connectivity index (χ4v) is 2.84. The highest BCUT2D eigenvalue weighted by molar-refractivity contribution is 8.03. The fraction of sp³-hybridized carbons (Fsp3) is 0.308. The minimum absolute atomic E-state index is 0.0498. The van der Waals surface area contributed by atoms with Gasteiger partial charge < -0.3 is 10.2 Å². The average Bonchev–Trinajstić information content (AvgIpc) is 2.67. The highest BCUT2D eigenvalue weighted by Gasteiger charge is 2.18. The van der Waals surface area contributed by atoms with Crippen molar-refractivity contribution in [2.45, 2.75) is 18.9 Å². The molecule has 1 atom stereocenters. The molecule has 1 fully saturated rings. The molecule has 2 N–H and O–H groups in total. The van der Waals surface area contributed by atoms with Crippen LogP contribution >= 0.6 is 11.8 Å². The molecule has 0 aromatic heterocycles. The molecule has 90 valence electrons. The van der Waals surface area contributed by atoms with E-state index >= 15 is 0 Å². The van der Waals surface area contributed by atoms with Crippen LogP contribution in [0.4, 0.5) is 0 Å². The Morgan fingerprint density at radius 3 is 2.65 bits per heavy atom. The normalized spacial score (nSPS) is 21.9. The van der Waals surface area contributed by atoms with Gasteiger partial charge in [0, 0.05) is 10.7 Å². The highest BCUT2D eigenvalue weighted by Crippen LogP contribution is 2.32. The van der Waals surface area contributed by atoms with Gasteiger partial charge in [0.05, 0.1) is 12.5 Å². The second-order valence-electron chi connectivity index (χ2n) is 4.01. The van der Waals surface area contributed by atoms with Crippen LogP contribution in [0.25, 0.3) is 6.08 Å². The Kier molecular flexibility index (Phi) is 3.86. The summed E-state index contributed by atoms with van der Waals surface area (Å²) in [5.41, 5.74) is 1.79. The molecule has 0 radical (unpaired) electrons. The van der Waals surface area contributed by atoms with Crippen LogP contribution < -0.4 is 0 Å². The number of rotatable bonds is 3. The third kappa shape index (κ3) is 3.35. The number of hydrogen-bond acceptors (Lipinski definition) is 3. The van der Waals surface area contributed by atoms with Crippen LogP contribution in [0, 0.1) is 0 Å². The molecule has 1 saturated heterocycles. The molecular weight excluding hydrogens is 236 g/mol. The van der Waals surface area contributed by atoms with Crippen LogP contribution in [-0.4, -0.2) is 28.0 Å². The standard InChI is InChI=1S/C13H14O3S/c14-11-5-6-17-12(11)7-9-1-3-10(4-2-9)8-13(15)16/h1-4,7,11,14H,5-6,8H2,(H,15,16)/b12-7-/t11-/m1/s1. The summed E-state index contributed by atoms with van der Waals surface area (Å²) in [7, 11) is 0. The summed E-state index contributed by atoms with van der Waals surface area (Å²) in [6, 6.07) is 7.40. The summed E-state index contributed by atoms with van der Waals surface area (Å²) >= 11 is 1.68. The first-order chi connectivity index (χ1) is 8.15. The average molecular weight is 250 g/mol. The Labute approximate surface area is 104 Å². The van der Waals surface area contributed by atoms with Gasteiger partial charge >= 0.3 is 5.97 Å². The van der Waals surface area contributed by atoms with Gasteiger partial charge in [0.1, 0.15) is 0 Å². The lowest BCUT2D eigenvalue weighted by atomic mass is 10.1. The van der Waals surface area contributed by atoms with Gasteiger partial charge in [-0.3, -0.25) is 4.79 Å². The quantitative estimate of drug-likeness (QED) is 0.863. The molecule has 17 heavy (non-hydrogen) atoms. The van der Waals surface area contributed by atoms with Crippen molar-refractivity contribution in [2.24, 2.45) is 0 Å². The number of carbonyl (C=O) groups is 1. The maximum Gasteiger partial charge on any atom is 0.307 e. The Hall–Kier alpha value is -1.26. The zero-order valence-corrected chi connectivity index (χ0v) is 10.1. The number of benzene rings is 1. The lowest BCUT2D eigenvalue weighted by Gasteiger charge is -2.03. The van der Waals surface area contributed by atoms with Gasteiger partial charge in [-0.2, -0.15) is 0 Å². The van der Waals surface area contributed by atoms with Gasteiger partial charge in [-0.15, -0.1) is 11.8 Å². The molecule has 1 aliphatic heterocycles. The summed E-state index contributed by atoms with van der Waals surface area (Å²) in [5, 5.41) is 18.3. The van der Waals surface area contributed by atoms with E-state index in [2.05, 4.69) is 0 Å². The van der Waals surface area contributed by atoms with Gasteiger partial charge in [0.2, 0.25) is 0 Å². The van der Waals surface area contributed by atoms with E-state index in [0.29, 0.717) is 0 Å². The number of carboxylic acids is 1. The van der Waals surface area contributed by atoms with Gasteiger partial charge in [0.15, 0.2) is 0 Å². The summed E-state index contributed by atoms with van der Waals surface area (Å²) in [6.07, 6.45) is 2.49. The summed E-state index contributed by atoms with van der Waals surface area (Å²) in [6.45, 7) is 0. The van der Waals surface area contributed by atoms with Gasteiger partial charge in [-0.05, 0) is 23.6 Å². The minimum atomic E-state index is -0.821. The molecule has 1 aromatic rings. The maximum absolute atomic E-state index is 10.5. The van der Waals surface area contributed by atoms with Crippen molar-refractivity contribution in [3.8, 4) is 0 Å². The van der Waals surface area contributed by atoms with Crippen LogP contribution in [0.2, 0.25) is 0 Å². The Morgan fingerprint density at radius 2 is 2.12 bits per heavy atom. The number of aliphatic carboxylic acids is 1. The molecule has 4 heteroatoms. The Balaban J connectivity index is 2.10. The lowest BCUT2D eigenvalue weighted by Crippen LogP contribution is -2.01. The number of thioether (sulfide) groups is 1. The summed E-state index contributed by atoms with van der Waals surface area (Å²) in [4.78, 5) is 11.5. The molecule has 3 nitrogen and oxygen atoms in total. The predicted octanol–water partition coefficient (Wildman–Crippen LogP) is 2.15. The van der Waals surface area contributed by atoms with E-state index in [4.69, 9.17) is 5.11 Å². The molecule has 0 amide bonds. The summed E-state index contributed by atoms with van der Waals surface area (Å²) < 4.78 is 0. The SMILES string of the molecule is O=C(O)Cc1ccc(/C=C2\SCC[C@H]2O)cc1. The predicted molar refractivity (Wildman–Crippen MR) is 68.8 cm³/mol. The van der Waals surface area contributed by atoms with E-state index in [1.165, 1.54) is 0 Å². The molecule has 1 heterocycles. The number of aliphatic hydroxyl groups excluding tert-OH is 1. The van der Waals surface area contributed by atoms with E-state index in [-0.39, 0.29) is 12.5 Å². The van der Waals surface area contributed by atoms with E-state index in [9.17, 15) is 9.90 Å². The van der Waals surface area contributed by atoms with E-state index in [1.807, 2.05) is 30.3 Å². The molecule has 0 saturated carbocycles. The van der Waals surface area contributed by atoms with Crippen molar-refractivity contribution >= 4 is 23.8 Å². The van der Waals surface area contributed by atoms with Gasteiger partial charge in [-0.1, -0.05) is 24.3 Å². The third-order valence-corrected chi connectivity index (χ3v) is 3.80. The van der Waals surface area contributed by atoms with E-state index in [0.717, 1.165) is 28.2 Å². The molecule has 0 bridgehead atoms. The van der Waals surface area contributed by atoms with Crippen LogP contribution in [0.3, 0.4) is 0 Å². The van der Waals surface area contributed by atoms with Crippen LogP contribution in [-0.2, 0) is 11.2 Å². The summed E-state index contributed by atoms with van der Waals surface area (Å²) in [5.74, 6) is 0.141. The van der Waals surface area contributed by atoms with Crippen molar-refractivity contribution in [1.29, 1.82) is 0 Å². The zero-order chi connectivity index (χ0) is 12.3. The Morgan fingerprint density at radius 1 is 1.41 bits per heavy atom. The lowest BCUT2D eigenvalue weighted by molar-refractivity contribution is -0.136. The molecule has 1 aromatic carbocycles. The zero-order valence-electron chi connectivity index (χ0n) is 9.30. The first-order valence-corrected chi connectivity index (χ1v) is 6.47. The minimum Gasteiger partial charge on any atom is -0.481 e. The van der Waals surface area contributed by atoms with Gasteiger partial charge in [0.25, 0.3) is 0 Å². The molecule has 2 rings (SSSR count). The van der Waals surface area contributed by atoms with E-state index < -0.39 is 5.97 Å². The van der Waals surface area contributed by atoms with Crippen molar-refractivity contribution in [3.05, 3.63) is 40.3 Å². The van der Waals surface area contributed by atoms with Crippen molar-refractivity contribution < 1.29 is 15.0 Å². The highest BCUT2D eigenvalue weighted by atomic mass is 32.2. The van der Waals surface area contributed by atoms with Crippen LogP contribution in [0.15, 0.2) is 29.2 Å². The van der Waals surface area contributed by atoms with E-state index in [1.54, 1.807) is 11.8 Å². The third-order valence-electron chi connectivity index (χ3n) is 2.63. The second-order valence-corrected chi connectivity index (χ2v) is 5.18. The topological polar surface area (TPSA) is 57.5 Å². The fourth-order valence-electron chi connectivity index (χ4n) is 1.74. The maximum atomic E-state index is 10.5. The first kappa shape index (κ1) is 12.2. The first-order valence-electron chi connectivity index (χ1n) is 5.48. The van der Waals surface area contributed by atoms with Crippen molar-refractivity contribution in [1.82, 2.24) is 0 Å². The Bertz CT molecular complexity index is 436. The smallest absolute Gasteiger partial charge is 0.307 e. The number of carboxylic acid groups (broad SMARTS) is 1. The molecular formula is C13H14O3S. The number of hydrogen-bond donors (Lipinski definition) is 2. The van der Waals surface area contributed by atoms with Crippen molar-refractivity contribution in [3.63, 3.8) is 0 Å². The van der Waals surface area contributed by atoms with Crippen LogP contribution in [0.1, 0.15) is 17.5 Å². The molecule has 1 aliphatic rings.